The average molecular weight is 360 g/mol. The van der Waals surface area contributed by atoms with E-state index in [0.717, 1.165) is 19.3 Å². The summed E-state index contributed by atoms with van der Waals surface area (Å²) in [5, 5.41) is 20.3. The molecule has 3 rings (SSSR count). The van der Waals surface area contributed by atoms with Crippen LogP contribution in [0.5, 0.6) is 11.5 Å². The molecule has 1 aromatic carbocycles. The molecule has 26 heavy (non-hydrogen) atoms. The Morgan fingerprint density at radius 3 is 2.77 bits per heavy atom. The van der Waals surface area contributed by atoms with Crippen LogP contribution in [0.25, 0.3) is 0 Å². The normalized spacial score (nSPS) is 25.0. The highest BCUT2D eigenvalue weighted by atomic mass is 16.5. The number of carbonyl (C=O) groups excluding carboxylic acids is 1. The number of aliphatic carboxylic acids is 1. The first-order valence-electron chi connectivity index (χ1n) is 9.55. The maximum absolute atomic E-state index is 12.0. The molecule has 5 heteroatoms. The number of Topliss-reactive ketones (excluding diaryl/α,β-unsaturated/α-hetero) is 1. The van der Waals surface area contributed by atoms with Crippen molar-refractivity contribution in [2.24, 2.45) is 5.92 Å². The monoisotopic (exact) mass is 360 g/mol. The second-order valence-electron chi connectivity index (χ2n) is 8.18. The van der Waals surface area contributed by atoms with Gasteiger partial charge in [-0.05, 0) is 44.4 Å². The maximum Gasteiger partial charge on any atom is 0.310 e. The Balaban J connectivity index is 2.04. The molecule has 1 heterocycles. The van der Waals surface area contributed by atoms with Crippen LogP contribution in [0.4, 0.5) is 0 Å². The number of carboxylic acids is 1. The number of benzene rings is 1. The third kappa shape index (κ3) is 3.31. The molecule has 1 aliphatic heterocycles. The average Bonchev–Trinajstić information content (AvgIpc) is 2.53. The summed E-state index contributed by atoms with van der Waals surface area (Å²) in [5.74, 6) is -0.654. The van der Waals surface area contributed by atoms with Gasteiger partial charge in [-0.2, -0.15) is 0 Å². The number of hydrogen-bond acceptors (Lipinski definition) is 4. The molecule has 3 atom stereocenters. The zero-order valence-electron chi connectivity index (χ0n) is 15.7. The summed E-state index contributed by atoms with van der Waals surface area (Å²) >= 11 is 0. The molecule has 0 aromatic heterocycles. The van der Waals surface area contributed by atoms with Crippen LogP contribution >= 0.6 is 0 Å². The largest absolute Gasteiger partial charge is 0.508 e. The van der Waals surface area contributed by atoms with Crippen LogP contribution in [0.15, 0.2) is 12.1 Å². The Kier molecular flexibility index (Phi) is 5.00. The number of ketones is 1. The first-order valence-corrected chi connectivity index (χ1v) is 9.55. The van der Waals surface area contributed by atoms with Crippen LogP contribution in [0.2, 0.25) is 0 Å². The van der Waals surface area contributed by atoms with Gasteiger partial charge in [0.15, 0.2) is 0 Å². The lowest BCUT2D eigenvalue weighted by Crippen LogP contribution is -2.47. The lowest BCUT2D eigenvalue weighted by molar-refractivity contribution is -0.139. The number of rotatable bonds is 5. The van der Waals surface area contributed by atoms with Crippen LogP contribution in [-0.2, 0) is 9.59 Å². The molecule has 2 N–H and O–H groups in total. The lowest BCUT2D eigenvalue weighted by atomic mass is 9.66. The molecule has 0 amide bonds. The number of aromatic hydroxyl groups is 1. The Labute approximate surface area is 154 Å². The van der Waals surface area contributed by atoms with Crippen molar-refractivity contribution in [2.45, 2.75) is 76.7 Å². The van der Waals surface area contributed by atoms with Crippen molar-refractivity contribution in [3.8, 4) is 11.5 Å². The quantitative estimate of drug-likeness (QED) is 0.814. The van der Waals surface area contributed by atoms with Crippen LogP contribution in [0, 0.1) is 5.92 Å². The van der Waals surface area contributed by atoms with Crippen molar-refractivity contribution < 1.29 is 24.5 Å². The number of carbonyl (C=O) groups is 2. The van der Waals surface area contributed by atoms with E-state index < -0.39 is 17.5 Å². The van der Waals surface area contributed by atoms with Crippen LogP contribution in [0.1, 0.15) is 82.3 Å². The van der Waals surface area contributed by atoms with E-state index in [9.17, 15) is 19.8 Å². The molecule has 142 valence electrons. The van der Waals surface area contributed by atoms with E-state index in [1.54, 1.807) is 12.1 Å². The SMILES string of the molecule is CCCCC(C(=O)O)c1cc(O)c2c(c1)OC(C)(C)[C@@H]1CCC(=O)C[C@@H]21. The molecule has 0 saturated heterocycles. The molecule has 5 nitrogen and oxygen atoms in total. The predicted molar refractivity (Wildman–Crippen MR) is 97.8 cm³/mol. The topological polar surface area (TPSA) is 83.8 Å². The maximum atomic E-state index is 12.0. The van der Waals surface area contributed by atoms with Crippen LogP contribution in [0.3, 0.4) is 0 Å². The first-order chi connectivity index (χ1) is 12.2. The van der Waals surface area contributed by atoms with E-state index in [2.05, 4.69) is 0 Å². The minimum atomic E-state index is -0.890. The van der Waals surface area contributed by atoms with Gasteiger partial charge in [0.05, 0.1) is 5.92 Å². The van der Waals surface area contributed by atoms with Crippen molar-refractivity contribution in [3.63, 3.8) is 0 Å². The Morgan fingerprint density at radius 2 is 2.12 bits per heavy atom. The first kappa shape index (κ1) is 18.7. The molecule has 1 saturated carbocycles. The fourth-order valence-electron chi connectivity index (χ4n) is 4.63. The zero-order valence-corrected chi connectivity index (χ0v) is 15.7. The predicted octanol–water partition coefficient (Wildman–Crippen LogP) is 4.37. The number of ether oxygens (including phenoxy) is 1. The summed E-state index contributed by atoms with van der Waals surface area (Å²) in [6.45, 7) is 6.05. The fourth-order valence-corrected chi connectivity index (χ4v) is 4.63. The number of carboxylic acid groups (broad SMARTS) is 1. The number of hydrogen-bond donors (Lipinski definition) is 2. The Morgan fingerprint density at radius 1 is 1.38 bits per heavy atom. The van der Waals surface area contributed by atoms with Crippen molar-refractivity contribution >= 4 is 11.8 Å². The van der Waals surface area contributed by atoms with Crippen molar-refractivity contribution in [2.75, 3.05) is 0 Å². The summed E-state index contributed by atoms with van der Waals surface area (Å²) < 4.78 is 6.22. The number of phenols is 1. The third-order valence-electron chi connectivity index (χ3n) is 5.99. The zero-order chi connectivity index (χ0) is 19.1. The number of phenolic OH excluding ortho intramolecular Hbond substituents is 1. The second-order valence-corrected chi connectivity index (χ2v) is 8.18. The van der Waals surface area contributed by atoms with Crippen molar-refractivity contribution in [3.05, 3.63) is 23.3 Å². The van der Waals surface area contributed by atoms with Crippen molar-refractivity contribution in [1.82, 2.24) is 0 Å². The molecule has 0 radical (unpaired) electrons. The van der Waals surface area contributed by atoms with Gasteiger partial charge in [-0.25, -0.2) is 0 Å². The molecule has 1 unspecified atom stereocenters. The highest BCUT2D eigenvalue weighted by Gasteiger charge is 2.47. The minimum Gasteiger partial charge on any atom is -0.508 e. The van der Waals surface area contributed by atoms with Gasteiger partial charge in [0.1, 0.15) is 22.9 Å². The van der Waals surface area contributed by atoms with Gasteiger partial charge < -0.3 is 14.9 Å². The molecular weight excluding hydrogens is 332 g/mol. The minimum absolute atomic E-state index is 0.0560. The van der Waals surface area contributed by atoms with E-state index in [4.69, 9.17) is 4.74 Å². The van der Waals surface area contributed by atoms with Crippen LogP contribution < -0.4 is 4.74 Å². The summed E-state index contributed by atoms with van der Waals surface area (Å²) in [4.78, 5) is 23.7. The molecule has 1 aromatic rings. The van der Waals surface area contributed by atoms with E-state index in [0.29, 0.717) is 36.1 Å². The molecule has 2 aliphatic rings. The van der Waals surface area contributed by atoms with Gasteiger partial charge in [-0.1, -0.05) is 19.8 Å². The molecule has 1 fully saturated rings. The van der Waals surface area contributed by atoms with Gasteiger partial charge in [0.2, 0.25) is 0 Å². The second kappa shape index (κ2) is 6.93. The van der Waals surface area contributed by atoms with Crippen molar-refractivity contribution in [1.29, 1.82) is 0 Å². The standard InChI is InChI=1S/C21H28O5/c1-4-5-6-14(20(24)25)12-9-17(23)19-15-11-13(22)7-8-16(15)21(2,3)26-18(19)10-12/h9-10,14-16,23H,4-8,11H2,1-3H3,(H,24,25)/t14?,15-,16-/m1/s1. The number of fused-ring (bicyclic) bond motifs is 3. The smallest absolute Gasteiger partial charge is 0.310 e. The third-order valence-corrected chi connectivity index (χ3v) is 5.99. The summed E-state index contributed by atoms with van der Waals surface area (Å²) in [6, 6.07) is 3.33. The van der Waals surface area contributed by atoms with Gasteiger partial charge in [0.25, 0.3) is 0 Å². The lowest BCUT2D eigenvalue weighted by Gasteiger charge is -2.47. The van der Waals surface area contributed by atoms with Crippen LogP contribution in [-0.4, -0.2) is 27.6 Å². The fraction of sp³-hybridized carbons (Fsp3) is 0.619. The Hall–Kier alpha value is -2.04. The van der Waals surface area contributed by atoms with Gasteiger partial charge in [-0.15, -0.1) is 0 Å². The molecule has 1 aliphatic carbocycles. The molecule has 0 spiro atoms. The summed E-state index contributed by atoms with van der Waals surface area (Å²) in [6.07, 6.45) is 3.97. The highest BCUT2D eigenvalue weighted by molar-refractivity contribution is 5.81. The summed E-state index contributed by atoms with van der Waals surface area (Å²) in [5.41, 5.74) is 0.787. The highest BCUT2D eigenvalue weighted by Crippen LogP contribution is 2.54. The van der Waals surface area contributed by atoms with Gasteiger partial charge in [-0.3, -0.25) is 9.59 Å². The molecule has 0 bridgehead atoms. The van der Waals surface area contributed by atoms with Gasteiger partial charge in [0, 0.05) is 30.2 Å². The molecular formula is C21H28O5. The van der Waals surface area contributed by atoms with E-state index in [1.807, 2.05) is 20.8 Å². The van der Waals surface area contributed by atoms with Gasteiger partial charge >= 0.3 is 5.97 Å². The van der Waals surface area contributed by atoms with E-state index in [-0.39, 0.29) is 23.4 Å². The number of unbranched alkanes of at least 4 members (excludes halogenated alkanes) is 1. The van der Waals surface area contributed by atoms with E-state index >= 15 is 0 Å². The van der Waals surface area contributed by atoms with E-state index in [1.165, 1.54) is 0 Å². The Bertz CT molecular complexity index is 721. The summed E-state index contributed by atoms with van der Waals surface area (Å²) in [7, 11) is 0.